The number of ketones is 1. The van der Waals surface area contributed by atoms with Crippen LogP contribution in [0.1, 0.15) is 54.7 Å². The van der Waals surface area contributed by atoms with Crippen LogP contribution in [0.3, 0.4) is 0 Å². The van der Waals surface area contributed by atoms with Gasteiger partial charge in [0.15, 0.2) is 5.78 Å². The minimum absolute atomic E-state index is 0.0689. The molecule has 1 fully saturated rings. The Morgan fingerprint density at radius 3 is 2.48 bits per heavy atom. The summed E-state index contributed by atoms with van der Waals surface area (Å²) < 4.78 is 5.59. The van der Waals surface area contributed by atoms with E-state index in [4.69, 9.17) is 4.74 Å². The van der Waals surface area contributed by atoms with Crippen molar-refractivity contribution in [1.29, 1.82) is 0 Å². The number of aromatic amines is 1. The zero-order valence-electron chi connectivity index (χ0n) is 19.0. The summed E-state index contributed by atoms with van der Waals surface area (Å²) in [5.41, 5.74) is 1.93. The predicted octanol–water partition coefficient (Wildman–Crippen LogP) is 4.77. The van der Waals surface area contributed by atoms with Gasteiger partial charge >= 0.3 is 12.1 Å². The Kier molecular flexibility index (Phi) is 5.97. The first-order chi connectivity index (χ1) is 15.6. The normalized spacial score (nSPS) is 18.5. The summed E-state index contributed by atoms with van der Waals surface area (Å²) >= 11 is 0. The summed E-state index contributed by atoms with van der Waals surface area (Å²) in [7, 11) is 0. The standard InChI is InChI=1S/C26H28N2O5/c1-26(2,3)33-25(32)28-12-11-19(17-7-5-4-6-8-17)23(28)22(29)14-16-9-10-20-18(13-16)15-21(27-20)24(30)31/h4-10,13,15,19,23,27H,11-12,14H2,1-3H3,(H,30,31)/t19-,23+/m1/s1. The number of aromatic carboxylic acids is 1. The fraction of sp³-hybridized carbons (Fsp3) is 0.346. The van der Waals surface area contributed by atoms with Gasteiger partial charge in [-0.25, -0.2) is 9.59 Å². The van der Waals surface area contributed by atoms with Crippen LogP contribution in [0.4, 0.5) is 4.79 Å². The molecule has 2 aromatic carbocycles. The first-order valence-electron chi connectivity index (χ1n) is 11.0. The molecular formula is C26H28N2O5. The molecule has 0 aliphatic carbocycles. The van der Waals surface area contributed by atoms with Crippen molar-refractivity contribution in [3.63, 3.8) is 0 Å². The van der Waals surface area contributed by atoms with Gasteiger partial charge in [-0.1, -0.05) is 36.4 Å². The van der Waals surface area contributed by atoms with Crippen LogP contribution >= 0.6 is 0 Å². The van der Waals surface area contributed by atoms with Crippen molar-refractivity contribution in [3.05, 3.63) is 71.4 Å². The minimum Gasteiger partial charge on any atom is -0.477 e. The number of Topliss-reactive ketones (excluding diaryl/α,β-unsaturated/α-hetero) is 1. The van der Waals surface area contributed by atoms with Crippen molar-refractivity contribution < 1.29 is 24.2 Å². The highest BCUT2D eigenvalue weighted by atomic mass is 16.6. The number of benzene rings is 2. The number of H-pyrrole nitrogens is 1. The van der Waals surface area contributed by atoms with Crippen LogP contribution in [-0.4, -0.2) is 51.0 Å². The van der Waals surface area contributed by atoms with Gasteiger partial charge in [0.05, 0.1) is 0 Å². The molecule has 1 aromatic heterocycles. The second-order valence-electron chi connectivity index (χ2n) is 9.48. The molecule has 0 unspecified atom stereocenters. The van der Waals surface area contributed by atoms with E-state index in [1.807, 2.05) is 63.2 Å². The highest BCUT2D eigenvalue weighted by molar-refractivity contribution is 5.95. The molecule has 1 saturated heterocycles. The van der Waals surface area contributed by atoms with Crippen LogP contribution in [0.2, 0.25) is 0 Å². The molecule has 2 atom stereocenters. The third kappa shape index (κ3) is 4.92. The van der Waals surface area contributed by atoms with E-state index in [1.54, 1.807) is 17.0 Å². The molecule has 4 rings (SSSR count). The molecular weight excluding hydrogens is 420 g/mol. The highest BCUT2D eigenvalue weighted by Gasteiger charge is 2.43. The monoisotopic (exact) mass is 448 g/mol. The smallest absolute Gasteiger partial charge is 0.410 e. The van der Waals surface area contributed by atoms with Crippen molar-refractivity contribution in [1.82, 2.24) is 9.88 Å². The Balaban J connectivity index is 1.62. The quantitative estimate of drug-likeness (QED) is 0.586. The number of fused-ring (bicyclic) bond motifs is 1. The molecule has 0 saturated carbocycles. The van der Waals surface area contributed by atoms with Crippen molar-refractivity contribution in [2.45, 2.75) is 51.2 Å². The Hall–Kier alpha value is -3.61. The van der Waals surface area contributed by atoms with Gasteiger partial charge in [-0.2, -0.15) is 0 Å². The fourth-order valence-electron chi connectivity index (χ4n) is 4.48. The molecule has 2 N–H and O–H groups in total. The van der Waals surface area contributed by atoms with Crippen molar-refractivity contribution in [2.75, 3.05) is 6.54 Å². The average Bonchev–Trinajstić information content (AvgIpc) is 3.37. The lowest BCUT2D eigenvalue weighted by atomic mass is 9.87. The molecule has 0 spiro atoms. The van der Waals surface area contributed by atoms with E-state index in [9.17, 15) is 19.5 Å². The molecule has 1 aliphatic heterocycles. The van der Waals surface area contributed by atoms with E-state index < -0.39 is 23.7 Å². The van der Waals surface area contributed by atoms with Gasteiger partial charge < -0.3 is 14.8 Å². The van der Waals surface area contributed by atoms with Crippen molar-refractivity contribution in [2.24, 2.45) is 0 Å². The maximum Gasteiger partial charge on any atom is 0.410 e. The molecule has 172 valence electrons. The number of carboxylic acids is 1. The molecule has 7 heteroatoms. The number of nitrogens with zero attached hydrogens (tertiary/aromatic N) is 1. The molecule has 0 radical (unpaired) electrons. The maximum absolute atomic E-state index is 13.6. The molecule has 3 aromatic rings. The van der Waals surface area contributed by atoms with E-state index >= 15 is 0 Å². The second-order valence-corrected chi connectivity index (χ2v) is 9.48. The summed E-state index contributed by atoms with van der Waals surface area (Å²) in [6.45, 7) is 5.88. The molecule has 1 aliphatic rings. The van der Waals surface area contributed by atoms with E-state index in [-0.39, 0.29) is 23.8 Å². The number of nitrogens with one attached hydrogen (secondary N) is 1. The zero-order chi connectivity index (χ0) is 23.8. The van der Waals surface area contributed by atoms with Crippen molar-refractivity contribution in [3.8, 4) is 0 Å². The summed E-state index contributed by atoms with van der Waals surface area (Å²) in [5, 5.41) is 9.94. The SMILES string of the molecule is CC(C)(C)OC(=O)N1CC[C@H](c2ccccc2)[C@H]1C(=O)Cc1ccc2[nH]c(C(=O)O)cc2c1. The number of hydrogen-bond donors (Lipinski definition) is 2. The van der Waals surface area contributed by atoms with Crippen LogP contribution in [-0.2, 0) is 16.0 Å². The van der Waals surface area contributed by atoms with Crippen LogP contribution in [0.5, 0.6) is 0 Å². The van der Waals surface area contributed by atoms with Crippen LogP contribution < -0.4 is 0 Å². The fourth-order valence-corrected chi connectivity index (χ4v) is 4.48. The minimum atomic E-state index is -1.03. The molecule has 7 nitrogen and oxygen atoms in total. The maximum atomic E-state index is 13.6. The molecule has 33 heavy (non-hydrogen) atoms. The van der Waals surface area contributed by atoms with Gasteiger partial charge in [0.1, 0.15) is 17.3 Å². The summed E-state index contributed by atoms with van der Waals surface area (Å²) in [4.78, 5) is 42.2. The Morgan fingerprint density at radius 2 is 1.82 bits per heavy atom. The molecule has 0 bridgehead atoms. The van der Waals surface area contributed by atoms with Crippen LogP contribution in [0.15, 0.2) is 54.6 Å². The number of amides is 1. The Labute approximate surface area is 192 Å². The first-order valence-corrected chi connectivity index (χ1v) is 11.0. The first kappa shape index (κ1) is 22.6. The zero-order valence-corrected chi connectivity index (χ0v) is 19.0. The third-order valence-electron chi connectivity index (χ3n) is 5.88. The highest BCUT2D eigenvalue weighted by Crippen LogP contribution is 2.35. The van der Waals surface area contributed by atoms with E-state index in [0.717, 1.165) is 16.5 Å². The second kappa shape index (κ2) is 8.73. The lowest BCUT2D eigenvalue weighted by molar-refractivity contribution is -0.123. The number of likely N-dealkylation sites (tertiary alicyclic amines) is 1. The number of ether oxygens (including phenoxy) is 1. The van der Waals surface area contributed by atoms with Crippen LogP contribution in [0, 0.1) is 0 Å². The number of aromatic nitrogens is 1. The van der Waals surface area contributed by atoms with E-state index in [1.165, 1.54) is 0 Å². The Bertz CT molecular complexity index is 1190. The predicted molar refractivity (Wildman–Crippen MR) is 124 cm³/mol. The van der Waals surface area contributed by atoms with Gasteiger partial charge in [-0.05, 0) is 56.5 Å². The number of carbonyl (C=O) groups is 3. The molecule has 1 amide bonds. The van der Waals surface area contributed by atoms with Gasteiger partial charge in [0.2, 0.25) is 0 Å². The van der Waals surface area contributed by atoms with Gasteiger partial charge in [-0.3, -0.25) is 9.69 Å². The lowest BCUT2D eigenvalue weighted by Crippen LogP contribution is -2.45. The summed E-state index contributed by atoms with van der Waals surface area (Å²) in [6.07, 6.45) is 0.335. The van der Waals surface area contributed by atoms with Crippen molar-refractivity contribution >= 4 is 28.7 Å². The van der Waals surface area contributed by atoms with E-state index in [0.29, 0.717) is 18.5 Å². The van der Waals surface area contributed by atoms with Crippen LogP contribution in [0.25, 0.3) is 10.9 Å². The van der Waals surface area contributed by atoms with Gasteiger partial charge in [-0.15, -0.1) is 0 Å². The third-order valence-corrected chi connectivity index (χ3v) is 5.88. The van der Waals surface area contributed by atoms with Gasteiger partial charge in [0.25, 0.3) is 0 Å². The van der Waals surface area contributed by atoms with Gasteiger partial charge in [0, 0.05) is 29.8 Å². The van der Waals surface area contributed by atoms with E-state index in [2.05, 4.69) is 4.98 Å². The summed E-state index contributed by atoms with van der Waals surface area (Å²) in [6, 6.07) is 16.1. The molecule has 2 heterocycles. The largest absolute Gasteiger partial charge is 0.477 e. The lowest BCUT2D eigenvalue weighted by Gasteiger charge is -2.30. The summed E-state index contributed by atoms with van der Waals surface area (Å²) in [5.74, 6) is -1.21. The number of hydrogen-bond acceptors (Lipinski definition) is 4. The number of rotatable bonds is 5. The average molecular weight is 449 g/mol. The topological polar surface area (TPSA) is 99.7 Å². The number of carboxylic acid groups (broad SMARTS) is 1. The Morgan fingerprint density at radius 1 is 1.09 bits per heavy atom. The number of carbonyl (C=O) groups excluding carboxylic acids is 2.